The second-order valence-corrected chi connectivity index (χ2v) is 4.57. The van der Waals surface area contributed by atoms with Crippen LogP contribution in [0, 0.1) is 5.82 Å². The van der Waals surface area contributed by atoms with Crippen molar-refractivity contribution in [1.82, 2.24) is 0 Å². The Morgan fingerprint density at radius 3 is 2.50 bits per heavy atom. The molecule has 0 N–H and O–H groups in total. The van der Waals surface area contributed by atoms with Crippen LogP contribution >= 0.6 is 15.9 Å². The van der Waals surface area contributed by atoms with Gasteiger partial charge in [0.1, 0.15) is 23.9 Å². The van der Waals surface area contributed by atoms with Gasteiger partial charge in [-0.3, -0.25) is 0 Å². The van der Waals surface area contributed by atoms with Crippen molar-refractivity contribution in [3.05, 3.63) is 58.3 Å². The number of rotatable bonds is 4. The molecule has 0 bridgehead atoms. The van der Waals surface area contributed by atoms with E-state index in [1.54, 1.807) is 13.2 Å². The quantitative estimate of drug-likeness (QED) is 0.843. The second-order valence-electron chi connectivity index (χ2n) is 3.71. The van der Waals surface area contributed by atoms with Gasteiger partial charge >= 0.3 is 0 Å². The zero-order chi connectivity index (χ0) is 13.0. The van der Waals surface area contributed by atoms with E-state index in [9.17, 15) is 4.39 Å². The van der Waals surface area contributed by atoms with Gasteiger partial charge in [0.15, 0.2) is 0 Å². The maximum atomic E-state index is 13.1. The van der Waals surface area contributed by atoms with E-state index in [1.165, 1.54) is 12.1 Å². The molecule has 0 aliphatic carbocycles. The number of methoxy groups -OCH3 is 1. The number of halogens is 2. The fraction of sp³-hybridized carbons (Fsp3) is 0.143. The molecule has 0 spiro atoms. The molecule has 0 atom stereocenters. The van der Waals surface area contributed by atoms with Crippen LogP contribution < -0.4 is 9.47 Å². The lowest BCUT2D eigenvalue weighted by Crippen LogP contribution is -1.96. The zero-order valence-corrected chi connectivity index (χ0v) is 11.4. The van der Waals surface area contributed by atoms with Gasteiger partial charge in [-0.05, 0) is 45.8 Å². The number of hydrogen-bond acceptors (Lipinski definition) is 2. The number of hydrogen-bond donors (Lipinski definition) is 0. The van der Waals surface area contributed by atoms with Crippen molar-refractivity contribution in [2.24, 2.45) is 0 Å². The minimum absolute atomic E-state index is 0.317. The van der Waals surface area contributed by atoms with Crippen molar-refractivity contribution in [3.8, 4) is 11.5 Å². The molecule has 4 heteroatoms. The minimum Gasteiger partial charge on any atom is -0.497 e. The molecule has 0 amide bonds. The lowest BCUT2D eigenvalue weighted by atomic mass is 10.2. The molecular weight excluding hydrogens is 299 g/mol. The van der Waals surface area contributed by atoms with E-state index in [1.807, 2.05) is 24.3 Å². The Morgan fingerprint density at radius 1 is 1.11 bits per heavy atom. The summed E-state index contributed by atoms with van der Waals surface area (Å²) in [6.45, 7) is 0.381. The first-order valence-electron chi connectivity index (χ1n) is 5.40. The van der Waals surface area contributed by atoms with E-state index in [0.717, 1.165) is 15.8 Å². The van der Waals surface area contributed by atoms with E-state index < -0.39 is 0 Å². The largest absolute Gasteiger partial charge is 0.497 e. The predicted molar refractivity (Wildman–Crippen MR) is 71.4 cm³/mol. The molecule has 94 valence electrons. The highest BCUT2D eigenvalue weighted by atomic mass is 79.9. The summed E-state index contributed by atoms with van der Waals surface area (Å²) in [6.07, 6.45) is 0. The van der Waals surface area contributed by atoms with Crippen molar-refractivity contribution >= 4 is 15.9 Å². The molecule has 0 saturated heterocycles. The number of benzene rings is 2. The Hall–Kier alpha value is -1.55. The van der Waals surface area contributed by atoms with Crippen LogP contribution in [0.1, 0.15) is 5.56 Å². The van der Waals surface area contributed by atoms with E-state index in [-0.39, 0.29) is 5.82 Å². The third-order valence-corrected chi connectivity index (χ3v) is 3.10. The molecule has 0 aliphatic rings. The third-order valence-electron chi connectivity index (χ3n) is 2.45. The maximum absolute atomic E-state index is 13.1. The van der Waals surface area contributed by atoms with Crippen LogP contribution in [-0.4, -0.2) is 7.11 Å². The van der Waals surface area contributed by atoms with E-state index in [2.05, 4.69) is 15.9 Å². The topological polar surface area (TPSA) is 18.5 Å². The van der Waals surface area contributed by atoms with Crippen LogP contribution in [0.25, 0.3) is 0 Å². The summed E-state index contributed by atoms with van der Waals surface area (Å²) in [4.78, 5) is 0. The van der Waals surface area contributed by atoms with Gasteiger partial charge in [-0.15, -0.1) is 0 Å². The Balaban J connectivity index is 2.04. The van der Waals surface area contributed by atoms with Gasteiger partial charge < -0.3 is 9.47 Å². The van der Waals surface area contributed by atoms with Crippen molar-refractivity contribution in [2.75, 3.05) is 7.11 Å². The van der Waals surface area contributed by atoms with Gasteiger partial charge in [0.05, 0.1) is 11.6 Å². The fourth-order valence-electron chi connectivity index (χ4n) is 1.47. The number of ether oxygens (including phenoxy) is 2. The predicted octanol–water partition coefficient (Wildman–Crippen LogP) is 4.18. The van der Waals surface area contributed by atoms with Gasteiger partial charge in [0.25, 0.3) is 0 Å². The summed E-state index contributed by atoms with van der Waals surface area (Å²) in [5.41, 5.74) is 0.993. The zero-order valence-electron chi connectivity index (χ0n) is 9.82. The third kappa shape index (κ3) is 3.23. The molecule has 0 aromatic heterocycles. The first kappa shape index (κ1) is 12.9. The van der Waals surface area contributed by atoms with E-state index >= 15 is 0 Å². The molecule has 0 unspecified atom stereocenters. The van der Waals surface area contributed by atoms with E-state index in [4.69, 9.17) is 9.47 Å². The molecule has 0 fully saturated rings. The highest BCUT2D eigenvalue weighted by Crippen LogP contribution is 2.26. The van der Waals surface area contributed by atoms with Crippen molar-refractivity contribution in [1.29, 1.82) is 0 Å². The second kappa shape index (κ2) is 5.87. The van der Waals surface area contributed by atoms with Gasteiger partial charge in [-0.1, -0.05) is 12.1 Å². The minimum atomic E-state index is -0.317. The first-order chi connectivity index (χ1) is 8.69. The lowest BCUT2D eigenvalue weighted by molar-refractivity contribution is 0.302. The Kier molecular flexibility index (Phi) is 4.20. The van der Waals surface area contributed by atoms with Crippen LogP contribution in [0.3, 0.4) is 0 Å². The summed E-state index contributed by atoms with van der Waals surface area (Å²) in [7, 11) is 1.62. The molecule has 2 aromatic rings. The molecule has 2 aromatic carbocycles. The highest BCUT2D eigenvalue weighted by molar-refractivity contribution is 9.10. The van der Waals surface area contributed by atoms with Crippen LogP contribution in [0.5, 0.6) is 11.5 Å². The summed E-state index contributed by atoms with van der Waals surface area (Å²) in [6, 6.07) is 11.9. The van der Waals surface area contributed by atoms with Crippen LogP contribution in [0.15, 0.2) is 46.9 Å². The summed E-state index contributed by atoms with van der Waals surface area (Å²) in [5, 5.41) is 0. The lowest BCUT2D eigenvalue weighted by Gasteiger charge is -2.08. The fourth-order valence-corrected chi connectivity index (χ4v) is 1.83. The SMILES string of the molecule is COc1ccc(COc2cc(F)ccc2Br)cc1. The maximum Gasteiger partial charge on any atom is 0.136 e. The standard InChI is InChI=1S/C14H12BrFO2/c1-17-12-5-2-10(3-6-12)9-18-14-8-11(16)4-7-13(14)15/h2-8H,9H2,1H3. The molecular formula is C14H12BrFO2. The molecule has 18 heavy (non-hydrogen) atoms. The Bertz CT molecular complexity index is 526. The van der Waals surface area contributed by atoms with Crippen molar-refractivity contribution in [3.63, 3.8) is 0 Å². The highest BCUT2D eigenvalue weighted by Gasteiger charge is 2.03. The van der Waals surface area contributed by atoms with E-state index in [0.29, 0.717) is 12.4 Å². The summed E-state index contributed by atoms with van der Waals surface area (Å²) >= 11 is 3.32. The Morgan fingerprint density at radius 2 is 1.83 bits per heavy atom. The summed E-state index contributed by atoms with van der Waals surface area (Å²) < 4.78 is 24.4. The average molecular weight is 311 g/mol. The molecule has 0 heterocycles. The van der Waals surface area contributed by atoms with Crippen LogP contribution in [0.2, 0.25) is 0 Å². The Labute approximate surface area is 113 Å². The molecule has 0 aliphatic heterocycles. The van der Waals surface area contributed by atoms with Crippen molar-refractivity contribution in [2.45, 2.75) is 6.61 Å². The van der Waals surface area contributed by atoms with Gasteiger partial charge in [-0.25, -0.2) is 4.39 Å². The normalized spacial score (nSPS) is 10.2. The average Bonchev–Trinajstić information content (AvgIpc) is 2.40. The molecule has 2 nitrogen and oxygen atoms in total. The van der Waals surface area contributed by atoms with Gasteiger partial charge in [0.2, 0.25) is 0 Å². The molecule has 0 radical (unpaired) electrons. The molecule has 0 saturated carbocycles. The van der Waals surface area contributed by atoms with Gasteiger partial charge in [-0.2, -0.15) is 0 Å². The monoisotopic (exact) mass is 310 g/mol. The first-order valence-corrected chi connectivity index (χ1v) is 6.19. The van der Waals surface area contributed by atoms with Crippen LogP contribution in [-0.2, 0) is 6.61 Å². The van der Waals surface area contributed by atoms with Crippen LogP contribution in [0.4, 0.5) is 4.39 Å². The van der Waals surface area contributed by atoms with Gasteiger partial charge in [0, 0.05) is 6.07 Å². The molecule has 2 rings (SSSR count). The summed E-state index contributed by atoms with van der Waals surface area (Å²) in [5.74, 6) is 0.972. The smallest absolute Gasteiger partial charge is 0.136 e. The van der Waals surface area contributed by atoms with Crippen molar-refractivity contribution < 1.29 is 13.9 Å².